The molecule has 1 aliphatic heterocycles. The average Bonchev–Trinajstić information content (AvgIpc) is 3.30. The molecule has 1 saturated heterocycles. The molecule has 2 aromatic heterocycles. The van der Waals surface area contributed by atoms with Gasteiger partial charge in [-0.2, -0.15) is 0 Å². The van der Waals surface area contributed by atoms with Gasteiger partial charge in [0.1, 0.15) is 12.4 Å². The first-order chi connectivity index (χ1) is 16.3. The van der Waals surface area contributed by atoms with Gasteiger partial charge in [-0.25, -0.2) is 15.0 Å². The van der Waals surface area contributed by atoms with Crippen molar-refractivity contribution in [3.8, 4) is 17.5 Å². The highest BCUT2D eigenvalue weighted by molar-refractivity contribution is 6.08. The molecule has 1 N–H and O–H groups in total. The minimum atomic E-state index is -0.190. The number of imidazole rings is 1. The van der Waals surface area contributed by atoms with Crippen molar-refractivity contribution in [2.75, 3.05) is 39.5 Å². The van der Waals surface area contributed by atoms with Gasteiger partial charge in [0, 0.05) is 37.6 Å². The van der Waals surface area contributed by atoms with Crippen LogP contribution in [0.1, 0.15) is 16.2 Å². The number of para-hydroxylation sites is 2. The van der Waals surface area contributed by atoms with E-state index in [4.69, 9.17) is 14.2 Å². The first-order valence-corrected chi connectivity index (χ1v) is 10.8. The van der Waals surface area contributed by atoms with Gasteiger partial charge in [0.25, 0.3) is 11.8 Å². The van der Waals surface area contributed by atoms with Crippen LogP contribution in [-0.4, -0.2) is 70.1 Å². The highest BCUT2D eigenvalue weighted by atomic mass is 16.5. The number of rotatable bonds is 8. The lowest BCUT2D eigenvalue weighted by atomic mass is 10.1. The topological polar surface area (TPSA) is 102 Å². The Labute approximate surface area is 190 Å². The Kier molecular flexibility index (Phi) is 6.23. The van der Waals surface area contributed by atoms with Crippen molar-refractivity contribution in [2.24, 2.45) is 0 Å². The van der Waals surface area contributed by atoms with Gasteiger partial charge < -0.3 is 19.2 Å². The number of benzene rings is 2. The summed E-state index contributed by atoms with van der Waals surface area (Å²) in [7, 11) is 0. The number of H-pyrrole nitrogens is 1. The van der Waals surface area contributed by atoms with Crippen LogP contribution in [0.4, 0.5) is 0 Å². The molecular formula is C24H23N5O4. The second-order valence-corrected chi connectivity index (χ2v) is 7.53. The van der Waals surface area contributed by atoms with Crippen LogP contribution in [0.3, 0.4) is 0 Å². The van der Waals surface area contributed by atoms with Crippen LogP contribution in [0.15, 0.2) is 60.9 Å². The van der Waals surface area contributed by atoms with Crippen LogP contribution < -0.4 is 9.47 Å². The van der Waals surface area contributed by atoms with Gasteiger partial charge in [-0.3, -0.25) is 9.69 Å². The first-order valence-electron chi connectivity index (χ1n) is 10.8. The SMILES string of the molecule is O=C(c1ccc(Oc2nccnc2OCCN2CCOCC2)cc1)c1nc2ccccc2[nH]1. The van der Waals surface area contributed by atoms with Crippen LogP contribution in [0.5, 0.6) is 17.5 Å². The lowest BCUT2D eigenvalue weighted by Crippen LogP contribution is -2.38. The number of ketones is 1. The van der Waals surface area contributed by atoms with Gasteiger partial charge in [-0.05, 0) is 36.4 Å². The molecular weight excluding hydrogens is 422 g/mol. The number of carbonyl (C=O) groups is 1. The summed E-state index contributed by atoms with van der Waals surface area (Å²) in [6.45, 7) is 4.53. The van der Waals surface area contributed by atoms with Crippen LogP contribution in [0, 0.1) is 0 Å². The molecule has 0 saturated carbocycles. The Hall–Kier alpha value is -3.82. The van der Waals surface area contributed by atoms with E-state index in [1.54, 1.807) is 36.7 Å². The van der Waals surface area contributed by atoms with Gasteiger partial charge in [0.15, 0.2) is 5.82 Å². The van der Waals surface area contributed by atoms with Crippen molar-refractivity contribution >= 4 is 16.8 Å². The second-order valence-electron chi connectivity index (χ2n) is 7.53. The number of fused-ring (bicyclic) bond motifs is 1. The fraction of sp³-hybridized carbons (Fsp3) is 0.250. The van der Waals surface area contributed by atoms with Gasteiger partial charge in [-0.1, -0.05) is 12.1 Å². The monoisotopic (exact) mass is 445 g/mol. The van der Waals surface area contributed by atoms with E-state index in [-0.39, 0.29) is 11.7 Å². The van der Waals surface area contributed by atoms with Crippen molar-refractivity contribution in [2.45, 2.75) is 0 Å². The molecule has 0 amide bonds. The summed E-state index contributed by atoms with van der Waals surface area (Å²) < 4.78 is 17.0. The number of aromatic nitrogens is 4. The molecule has 0 aliphatic carbocycles. The maximum atomic E-state index is 12.8. The van der Waals surface area contributed by atoms with E-state index in [9.17, 15) is 4.79 Å². The third kappa shape index (κ3) is 5.00. The summed E-state index contributed by atoms with van der Waals surface area (Å²) >= 11 is 0. The zero-order valence-corrected chi connectivity index (χ0v) is 17.9. The Balaban J connectivity index is 1.23. The molecule has 0 spiro atoms. The molecule has 1 aliphatic rings. The quantitative estimate of drug-likeness (QED) is 0.413. The smallest absolute Gasteiger partial charge is 0.283 e. The second kappa shape index (κ2) is 9.76. The summed E-state index contributed by atoms with van der Waals surface area (Å²) in [4.78, 5) is 31.0. The van der Waals surface area contributed by atoms with E-state index >= 15 is 0 Å². The summed E-state index contributed by atoms with van der Waals surface area (Å²) in [5.41, 5.74) is 2.08. The summed E-state index contributed by atoms with van der Waals surface area (Å²) in [6, 6.07) is 14.3. The summed E-state index contributed by atoms with van der Waals surface area (Å²) in [6.07, 6.45) is 3.11. The molecule has 2 aromatic carbocycles. The molecule has 1 fully saturated rings. The molecule has 0 radical (unpaired) electrons. The average molecular weight is 445 g/mol. The maximum absolute atomic E-state index is 12.8. The van der Waals surface area contributed by atoms with E-state index in [2.05, 4.69) is 24.8 Å². The highest BCUT2D eigenvalue weighted by Gasteiger charge is 2.16. The zero-order valence-electron chi connectivity index (χ0n) is 17.9. The fourth-order valence-electron chi connectivity index (χ4n) is 3.56. The first kappa shape index (κ1) is 21.0. The molecule has 4 aromatic rings. The van der Waals surface area contributed by atoms with E-state index < -0.39 is 0 Å². The number of carbonyl (C=O) groups excluding carboxylic acids is 1. The molecule has 9 heteroatoms. The van der Waals surface area contributed by atoms with E-state index in [1.165, 1.54) is 0 Å². The Morgan fingerprint density at radius 3 is 2.55 bits per heavy atom. The van der Waals surface area contributed by atoms with Crippen molar-refractivity contribution in [1.82, 2.24) is 24.8 Å². The predicted octanol–water partition coefficient (Wildman–Crippen LogP) is 3.09. The van der Waals surface area contributed by atoms with Crippen molar-refractivity contribution in [3.63, 3.8) is 0 Å². The third-order valence-electron chi connectivity index (χ3n) is 5.32. The van der Waals surface area contributed by atoms with E-state index in [1.807, 2.05) is 24.3 Å². The number of nitrogens with zero attached hydrogens (tertiary/aromatic N) is 4. The van der Waals surface area contributed by atoms with Gasteiger partial charge in [-0.15, -0.1) is 0 Å². The van der Waals surface area contributed by atoms with Gasteiger partial charge >= 0.3 is 0 Å². The van der Waals surface area contributed by atoms with Crippen molar-refractivity contribution in [1.29, 1.82) is 0 Å². The van der Waals surface area contributed by atoms with Gasteiger partial charge in [0.2, 0.25) is 5.78 Å². The normalized spacial score (nSPS) is 14.3. The number of ether oxygens (including phenoxy) is 3. The lowest BCUT2D eigenvalue weighted by molar-refractivity contribution is 0.0318. The minimum absolute atomic E-state index is 0.190. The largest absolute Gasteiger partial charge is 0.472 e. The number of aromatic amines is 1. The molecule has 33 heavy (non-hydrogen) atoms. The number of hydrogen-bond donors (Lipinski definition) is 1. The summed E-state index contributed by atoms with van der Waals surface area (Å²) in [5, 5.41) is 0. The molecule has 0 atom stereocenters. The Morgan fingerprint density at radius 1 is 1.00 bits per heavy atom. The lowest BCUT2D eigenvalue weighted by Gasteiger charge is -2.26. The third-order valence-corrected chi connectivity index (χ3v) is 5.32. The Bertz CT molecular complexity index is 1200. The van der Waals surface area contributed by atoms with Gasteiger partial charge in [0.05, 0.1) is 24.2 Å². The Morgan fingerprint density at radius 2 is 1.76 bits per heavy atom. The number of nitrogens with one attached hydrogen (secondary N) is 1. The molecule has 5 rings (SSSR count). The standard InChI is InChI=1S/C24H23N5O4/c30-21(22-27-19-3-1-2-4-20(19)28-22)17-5-7-18(8-6-17)33-24-23(25-9-10-26-24)32-16-13-29-11-14-31-15-12-29/h1-10H,11-16H2,(H,27,28). The van der Waals surface area contributed by atoms with E-state index in [0.29, 0.717) is 29.6 Å². The number of hydrogen-bond acceptors (Lipinski definition) is 8. The van der Waals surface area contributed by atoms with Crippen molar-refractivity contribution in [3.05, 3.63) is 72.3 Å². The molecule has 3 heterocycles. The summed E-state index contributed by atoms with van der Waals surface area (Å²) in [5.74, 6) is 1.23. The fourth-order valence-corrected chi connectivity index (χ4v) is 3.56. The van der Waals surface area contributed by atoms with Crippen LogP contribution in [0.2, 0.25) is 0 Å². The molecule has 0 unspecified atom stereocenters. The predicted molar refractivity (Wildman–Crippen MR) is 121 cm³/mol. The van der Waals surface area contributed by atoms with Crippen molar-refractivity contribution < 1.29 is 19.0 Å². The highest BCUT2D eigenvalue weighted by Crippen LogP contribution is 2.27. The zero-order chi connectivity index (χ0) is 22.5. The molecule has 0 bridgehead atoms. The van der Waals surface area contributed by atoms with E-state index in [0.717, 1.165) is 43.9 Å². The number of morpholine rings is 1. The molecule has 9 nitrogen and oxygen atoms in total. The minimum Gasteiger partial charge on any atom is -0.472 e. The van der Waals surface area contributed by atoms with Crippen LogP contribution in [0.25, 0.3) is 11.0 Å². The van der Waals surface area contributed by atoms with Crippen LogP contribution in [-0.2, 0) is 4.74 Å². The molecule has 168 valence electrons. The maximum Gasteiger partial charge on any atom is 0.283 e. The van der Waals surface area contributed by atoms with Crippen LogP contribution >= 0.6 is 0 Å².